The van der Waals surface area contributed by atoms with Crippen LogP contribution in [0, 0.1) is 0 Å². The summed E-state index contributed by atoms with van der Waals surface area (Å²) in [4.78, 5) is 35.8. The average Bonchev–Trinajstić information content (AvgIpc) is 3.33. The van der Waals surface area contributed by atoms with Crippen LogP contribution in [0.1, 0.15) is 232 Å². The van der Waals surface area contributed by atoms with Crippen LogP contribution in [-0.4, -0.2) is 98.3 Å². The Morgan fingerprint density at radius 3 is 1.23 bits per heavy atom. The number of hydrogen-bond acceptors (Lipinski definition) is 12. The van der Waals surface area contributed by atoms with E-state index in [1.807, 2.05) is 18.2 Å². The number of phosphoric ester groups is 1. The van der Waals surface area contributed by atoms with E-state index in [-0.39, 0.29) is 12.8 Å². The molecule has 8 atom stereocenters. The minimum atomic E-state index is -5.14. The Kier molecular flexibility index (Phi) is 41.8. The van der Waals surface area contributed by atoms with Crippen LogP contribution in [0.25, 0.3) is 0 Å². The van der Waals surface area contributed by atoms with Crippen LogP contribution in [0.2, 0.25) is 0 Å². The summed E-state index contributed by atoms with van der Waals surface area (Å²) in [5.74, 6) is -1.20. The summed E-state index contributed by atoms with van der Waals surface area (Å²) in [6.07, 6.45) is 41.9. The normalized spacial score (nSPS) is 21.2. The number of hydrogen-bond donors (Lipinski definition) is 6. The van der Waals surface area contributed by atoms with Crippen molar-refractivity contribution in [2.24, 2.45) is 0 Å². The Bertz CT molecular complexity index is 1390. The van der Waals surface area contributed by atoms with Gasteiger partial charge in [-0.3, -0.25) is 18.6 Å². The molecule has 0 heterocycles. The molecule has 69 heavy (non-hydrogen) atoms. The SMILES string of the molecule is CCCCCCCCCCC/C=C/C/C=C/CCCC(=O)O[C@@H](COC(=O)CCC/C=C/CC/C=C/CCCCCCCCCCCCCCCC)COP(=O)(O)OC1C(O)C(O)C(O)[C@H](O)C1O. The first kappa shape index (κ1) is 64.8. The summed E-state index contributed by atoms with van der Waals surface area (Å²) in [6, 6.07) is 0. The Morgan fingerprint density at radius 2 is 0.797 bits per heavy atom. The molecule has 1 saturated carbocycles. The lowest BCUT2D eigenvalue weighted by atomic mass is 9.85. The van der Waals surface area contributed by atoms with Crippen molar-refractivity contribution in [3.8, 4) is 0 Å². The van der Waals surface area contributed by atoms with Gasteiger partial charge >= 0.3 is 19.8 Å². The minimum Gasteiger partial charge on any atom is -0.462 e. The van der Waals surface area contributed by atoms with Gasteiger partial charge in [-0.25, -0.2) is 4.57 Å². The molecule has 402 valence electrons. The maximum absolute atomic E-state index is 12.9. The van der Waals surface area contributed by atoms with Crippen LogP contribution in [0.15, 0.2) is 48.6 Å². The van der Waals surface area contributed by atoms with Crippen molar-refractivity contribution in [2.45, 2.75) is 275 Å². The van der Waals surface area contributed by atoms with Gasteiger partial charge in [0.15, 0.2) is 6.10 Å². The highest BCUT2D eigenvalue weighted by molar-refractivity contribution is 7.47. The second-order valence-corrected chi connectivity index (χ2v) is 20.5. The molecule has 0 amide bonds. The standard InChI is InChI=1S/C55H99O13P/c1-3-5-7-9-11-13-15-17-19-21-22-23-24-25-26-28-29-31-33-35-37-39-41-43-48(56)65-45-47(46-66-69(63,64)68-55-53(61)51(59)50(58)52(60)54(55)62)67-49(57)44-42-40-38-36-34-32-30-27-20-18-16-14-12-10-8-6-4-2/h28-30,32,35-38,47,50-55,58-62H,3-27,31,33-34,39-46H2,1-2H3,(H,63,64)/b29-28+,32-30+,37-35+,38-36+/t47-,50?,51-,52?,53?,54?,55?/m0/s1. The Hall–Kier alpha value is -2.19. The number of aliphatic hydroxyl groups excluding tert-OH is 5. The summed E-state index contributed by atoms with van der Waals surface area (Å²) in [5.41, 5.74) is 0. The second kappa shape index (κ2) is 44.5. The number of rotatable bonds is 46. The topological polar surface area (TPSA) is 210 Å². The summed E-state index contributed by atoms with van der Waals surface area (Å²) < 4.78 is 33.6. The predicted octanol–water partition coefficient (Wildman–Crippen LogP) is 12.3. The van der Waals surface area contributed by atoms with Crippen molar-refractivity contribution in [1.29, 1.82) is 0 Å². The van der Waals surface area contributed by atoms with E-state index in [1.54, 1.807) is 0 Å². The summed E-state index contributed by atoms with van der Waals surface area (Å²) in [7, 11) is -5.14. The number of carbonyl (C=O) groups is 2. The fraction of sp³-hybridized carbons (Fsp3) is 0.818. The van der Waals surface area contributed by atoms with Gasteiger partial charge in [0.1, 0.15) is 43.2 Å². The maximum Gasteiger partial charge on any atom is 0.472 e. The fourth-order valence-corrected chi connectivity index (χ4v) is 9.20. The predicted molar refractivity (Wildman–Crippen MR) is 276 cm³/mol. The Labute approximate surface area is 418 Å². The highest BCUT2D eigenvalue weighted by atomic mass is 31.2. The number of allylic oxidation sites excluding steroid dienone is 8. The highest BCUT2D eigenvalue weighted by Crippen LogP contribution is 2.47. The third-order valence-electron chi connectivity index (χ3n) is 12.6. The van der Waals surface area contributed by atoms with Gasteiger partial charge in [-0.15, -0.1) is 0 Å². The average molecular weight is 999 g/mol. The molecule has 6 unspecified atom stereocenters. The van der Waals surface area contributed by atoms with Gasteiger partial charge in [-0.05, 0) is 70.6 Å². The molecule has 0 aromatic heterocycles. The molecular weight excluding hydrogens is 900 g/mol. The molecule has 0 radical (unpaired) electrons. The van der Waals surface area contributed by atoms with Crippen molar-refractivity contribution < 1.29 is 63.1 Å². The highest BCUT2D eigenvalue weighted by Gasteiger charge is 2.51. The van der Waals surface area contributed by atoms with Gasteiger partial charge in [-0.2, -0.15) is 0 Å². The minimum absolute atomic E-state index is 0.0245. The van der Waals surface area contributed by atoms with Crippen molar-refractivity contribution >= 4 is 19.8 Å². The van der Waals surface area contributed by atoms with Gasteiger partial charge in [0, 0.05) is 12.8 Å². The number of ether oxygens (including phenoxy) is 2. The van der Waals surface area contributed by atoms with Gasteiger partial charge in [0.2, 0.25) is 0 Å². The summed E-state index contributed by atoms with van der Waals surface area (Å²) >= 11 is 0. The van der Waals surface area contributed by atoms with Gasteiger partial charge in [0.05, 0.1) is 6.61 Å². The Morgan fingerprint density at radius 1 is 0.449 bits per heavy atom. The van der Waals surface area contributed by atoms with Crippen LogP contribution in [0.5, 0.6) is 0 Å². The number of phosphoric acid groups is 1. The lowest BCUT2D eigenvalue weighted by molar-refractivity contribution is -0.220. The molecule has 6 N–H and O–H groups in total. The molecule has 14 heteroatoms. The maximum atomic E-state index is 12.9. The molecule has 0 spiro atoms. The van der Waals surface area contributed by atoms with Crippen LogP contribution in [0.4, 0.5) is 0 Å². The molecule has 1 aliphatic carbocycles. The summed E-state index contributed by atoms with van der Waals surface area (Å²) in [5, 5.41) is 50.3. The molecule has 0 bridgehead atoms. The number of esters is 2. The van der Waals surface area contributed by atoms with E-state index in [4.69, 9.17) is 18.5 Å². The third-order valence-corrected chi connectivity index (χ3v) is 13.6. The smallest absolute Gasteiger partial charge is 0.462 e. The van der Waals surface area contributed by atoms with Gasteiger partial charge < -0.3 is 39.9 Å². The number of unbranched alkanes of at least 4 members (excludes halogenated alkanes) is 26. The van der Waals surface area contributed by atoms with Crippen LogP contribution >= 0.6 is 7.82 Å². The van der Waals surface area contributed by atoms with Crippen LogP contribution in [0.3, 0.4) is 0 Å². The molecule has 0 aromatic rings. The first-order chi connectivity index (χ1) is 33.4. The first-order valence-corrected chi connectivity index (χ1v) is 28.9. The van der Waals surface area contributed by atoms with E-state index >= 15 is 0 Å². The molecule has 0 aromatic carbocycles. The second-order valence-electron chi connectivity index (χ2n) is 19.1. The lowest BCUT2D eigenvalue weighted by Crippen LogP contribution is -2.64. The van der Waals surface area contributed by atoms with E-state index in [0.29, 0.717) is 25.7 Å². The molecule has 0 aliphatic heterocycles. The Balaban J connectivity index is 2.41. The van der Waals surface area contributed by atoms with Crippen molar-refractivity contribution in [3.63, 3.8) is 0 Å². The zero-order valence-electron chi connectivity index (χ0n) is 43.1. The molecule has 13 nitrogen and oxygen atoms in total. The molecule has 1 fully saturated rings. The van der Waals surface area contributed by atoms with E-state index in [0.717, 1.165) is 32.1 Å². The van der Waals surface area contributed by atoms with Crippen LogP contribution < -0.4 is 0 Å². The molecule has 1 rings (SSSR count). The van der Waals surface area contributed by atoms with Crippen LogP contribution in [-0.2, 0) is 32.7 Å². The van der Waals surface area contributed by atoms with Gasteiger partial charge in [0.25, 0.3) is 0 Å². The first-order valence-electron chi connectivity index (χ1n) is 27.4. The largest absolute Gasteiger partial charge is 0.472 e. The van der Waals surface area contributed by atoms with E-state index in [1.165, 1.54) is 148 Å². The fourth-order valence-electron chi connectivity index (χ4n) is 8.23. The molecule has 0 saturated heterocycles. The third kappa shape index (κ3) is 36.4. The quantitative estimate of drug-likeness (QED) is 0.0145. The lowest BCUT2D eigenvalue weighted by Gasteiger charge is -2.41. The van der Waals surface area contributed by atoms with E-state index in [9.17, 15) is 44.6 Å². The van der Waals surface area contributed by atoms with Crippen molar-refractivity contribution in [1.82, 2.24) is 0 Å². The summed E-state index contributed by atoms with van der Waals surface area (Å²) in [6.45, 7) is 3.27. The monoisotopic (exact) mass is 999 g/mol. The number of aliphatic hydroxyl groups is 5. The molecular formula is C55H99O13P. The van der Waals surface area contributed by atoms with Gasteiger partial charge in [-0.1, -0.05) is 197 Å². The van der Waals surface area contributed by atoms with E-state index < -0.39 is 75.7 Å². The molecule has 1 aliphatic rings. The zero-order chi connectivity index (χ0) is 50.6. The zero-order valence-corrected chi connectivity index (χ0v) is 44.0. The van der Waals surface area contributed by atoms with Crippen molar-refractivity contribution in [3.05, 3.63) is 48.6 Å². The van der Waals surface area contributed by atoms with Crippen molar-refractivity contribution in [2.75, 3.05) is 13.2 Å². The number of carbonyl (C=O) groups excluding carboxylic acids is 2. The van der Waals surface area contributed by atoms with E-state index in [2.05, 4.69) is 44.2 Å².